The lowest BCUT2D eigenvalue weighted by atomic mass is 10.2. The number of carbonyl (C=O) groups excluding carboxylic acids is 1. The van der Waals surface area contributed by atoms with Crippen molar-refractivity contribution in [2.24, 2.45) is 0 Å². The highest BCUT2D eigenvalue weighted by Crippen LogP contribution is 2.29. The minimum Gasteiger partial charge on any atom is -0.482 e. The number of halogens is 2. The SMILES string of the molecule is Cc1cc(N(CCC#N)C(=O)COc2ccc([N+](=O)[O-])cc2Cl)ccc1Cl. The monoisotopic (exact) mass is 407 g/mol. The molecular weight excluding hydrogens is 393 g/mol. The average Bonchev–Trinajstić information content (AvgIpc) is 2.63. The molecule has 27 heavy (non-hydrogen) atoms. The van der Waals surface area contributed by atoms with E-state index in [1.54, 1.807) is 18.2 Å². The number of benzene rings is 2. The van der Waals surface area contributed by atoms with Crippen molar-refractivity contribution in [1.29, 1.82) is 5.26 Å². The predicted octanol–water partition coefficient (Wildman–Crippen LogP) is 4.54. The van der Waals surface area contributed by atoms with Crippen LogP contribution in [0.4, 0.5) is 11.4 Å². The predicted molar refractivity (Wildman–Crippen MR) is 102 cm³/mol. The van der Waals surface area contributed by atoms with Crippen molar-refractivity contribution in [3.63, 3.8) is 0 Å². The van der Waals surface area contributed by atoms with Gasteiger partial charge >= 0.3 is 0 Å². The first-order valence-electron chi connectivity index (χ1n) is 7.83. The fourth-order valence-electron chi connectivity index (χ4n) is 2.29. The van der Waals surface area contributed by atoms with Gasteiger partial charge in [0.2, 0.25) is 0 Å². The standard InChI is InChI=1S/C18H15Cl2N3O4/c1-12-9-13(3-5-15(12)19)22(8-2-7-21)18(24)11-27-17-6-4-14(23(25)26)10-16(17)20/h3-6,9-10H,2,8,11H2,1H3. The number of nitro groups is 1. The molecule has 0 atom stereocenters. The lowest BCUT2D eigenvalue weighted by molar-refractivity contribution is -0.384. The van der Waals surface area contributed by atoms with Crippen LogP contribution < -0.4 is 9.64 Å². The number of amides is 1. The van der Waals surface area contributed by atoms with Gasteiger partial charge in [0.25, 0.3) is 11.6 Å². The molecule has 7 nitrogen and oxygen atoms in total. The number of rotatable bonds is 7. The second kappa shape index (κ2) is 9.21. The number of ether oxygens (including phenoxy) is 1. The van der Waals surface area contributed by atoms with Gasteiger partial charge in [0.15, 0.2) is 6.61 Å². The molecule has 140 valence electrons. The van der Waals surface area contributed by atoms with E-state index in [1.165, 1.54) is 17.0 Å². The molecule has 0 saturated heterocycles. The van der Waals surface area contributed by atoms with Gasteiger partial charge in [0.05, 0.1) is 22.4 Å². The Balaban J connectivity index is 2.15. The van der Waals surface area contributed by atoms with Gasteiger partial charge in [-0.3, -0.25) is 14.9 Å². The van der Waals surface area contributed by atoms with Gasteiger partial charge in [0, 0.05) is 29.4 Å². The molecule has 0 N–H and O–H groups in total. The number of aryl methyl sites for hydroxylation is 1. The number of nitriles is 1. The number of hydrogen-bond acceptors (Lipinski definition) is 5. The molecule has 0 saturated carbocycles. The normalized spacial score (nSPS) is 10.1. The first-order chi connectivity index (χ1) is 12.8. The van der Waals surface area contributed by atoms with E-state index >= 15 is 0 Å². The maximum absolute atomic E-state index is 12.6. The summed E-state index contributed by atoms with van der Waals surface area (Å²) in [5.74, 6) is -0.232. The molecule has 9 heteroatoms. The van der Waals surface area contributed by atoms with Gasteiger partial charge in [0.1, 0.15) is 5.75 Å². The number of nitro benzene ring substituents is 1. The van der Waals surface area contributed by atoms with Gasteiger partial charge in [-0.25, -0.2) is 0 Å². The molecule has 0 unspecified atom stereocenters. The Morgan fingerprint density at radius 3 is 2.59 bits per heavy atom. The van der Waals surface area contributed by atoms with E-state index in [2.05, 4.69) is 0 Å². The molecule has 2 aromatic carbocycles. The molecule has 2 aromatic rings. The number of non-ortho nitro benzene ring substituents is 1. The Morgan fingerprint density at radius 2 is 2.00 bits per heavy atom. The van der Waals surface area contributed by atoms with Crippen molar-refractivity contribution in [2.75, 3.05) is 18.1 Å². The smallest absolute Gasteiger partial charge is 0.271 e. The second-order valence-electron chi connectivity index (χ2n) is 5.55. The van der Waals surface area contributed by atoms with Gasteiger partial charge in [-0.1, -0.05) is 23.2 Å². The van der Waals surface area contributed by atoms with Crippen LogP contribution in [0.5, 0.6) is 5.75 Å². The van der Waals surface area contributed by atoms with Crippen LogP contribution in [0.3, 0.4) is 0 Å². The zero-order valence-corrected chi connectivity index (χ0v) is 15.8. The summed E-state index contributed by atoms with van der Waals surface area (Å²) >= 11 is 12.0. The Bertz CT molecular complexity index is 912. The molecule has 0 aliphatic heterocycles. The summed E-state index contributed by atoms with van der Waals surface area (Å²) in [6, 6.07) is 10.8. The molecule has 1 amide bonds. The van der Waals surface area contributed by atoms with E-state index < -0.39 is 4.92 Å². The van der Waals surface area contributed by atoms with Crippen LogP contribution in [-0.4, -0.2) is 24.0 Å². The average molecular weight is 408 g/mol. The second-order valence-corrected chi connectivity index (χ2v) is 6.36. The number of nitrogens with zero attached hydrogens (tertiary/aromatic N) is 3. The Hall–Kier alpha value is -2.82. The van der Waals surface area contributed by atoms with Crippen molar-refractivity contribution in [3.05, 3.63) is 62.1 Å². The molecule has 0 spiro atoms. The first kappa shape index (κ1) is 20.5. The fourth-order valence-corrected chi connectivity index (χ4v) is 2.64. The molecule has 0 aliphatic carbocycles. The van der Waals surface area contributed by atoms with Crippen molar-refractivity contribution >= 4 is 40.5 Å². The van der Waals surface area contributed by atoms with Crippen molar-refractivity contribution in [3.8, 4) is 11.8 Å². The van der Waals surface area contributed by atoms with E-state index in [4.69, 9.17) is 33.2 Å². The van der Waals surface area contributed by atoms with Gasteiger partial charge in [-0.05, 0) is 36.8 Å². The van der Waals surface area contributed by atoms with Crippen molar-refractivity contribution in [1.82, 2.24) is 0 Å². The molecule has 0 heterocycles. The van der Waals surface area contributed by atoms with E-state index in [-0.39, 0.29) is 41.9 Å². The van der Waals surface area contributed by atoms with E-state index in [1.807, 2.05) is 13.0 Å². The maximum atomic E-state index is 12.6. The van der Waals surface area contributed by atoms with Gasteiger partial charge in [-0.15, -0.1) is 0 Å². The van der Waals surface area contributed by atoms with Crippen LogP contribution in [0.2, 0.25) is 10.0 Å². The fraction of sp³-hybridized carbons (Fsp3) is 0.222. The lowest BCUT2D eigenvalue weighted by Crippen LogP contribution is -2.35. The Labute approximate surface area is 165 Å². The summed E-state index contributed by atoms with van der Waals surface area (Å²) in [6.07, 6.45) is 0.145. The molecule has 2 rings (SSSR count). The van der Waals surface area contributed by atoms with Gasteiger partial charge < -0.3 is 9.64 Å². The quantitative estimate of drug-likeness (QED) is 0.495. The highest BCUT2D eigenvalue weighted by Gasteiger charge is 2.18. The lowest BCUT2D eigenvalue weighted by Gasteiger charge is -2.22. The zero-order valence-electron chi connectivity index (χ0n) is 14.3. The number of hydrogen-bond donors (Lipinski definition) is 0. The largest absolute Gasteiger partial charge is 0.482 e. The van der Waals surface area contributed by atoms with Crippen LogP contribution >= 0.6 is 23.2 Å². The van der Waals surface area contributed by atoms with Crippen LogP contribution in [0.15, 0.2) is 36.4 Å². The molecule has 0 bridgehead atoms. The van der Waals surface area contributed by atoms with Crippen LogP contribution in [-0.2, 0) is 4.79 Å². The summed E-state index contributed by atoms with van der Waals surface area (Å²) in [5, 5.41) is 20.2. The first-order valence-corrected chi connectivity index (χ1v) is 8.59. The summed E-state index contributed by atoms with van der Waals surface area (Å²) < 4.78 is 5.41. The number of anilines is 1. The molecular formula is C18H15Cl2N3O4. The Kier molecular flexibility index (Phi) is 6.99. The van der Waals surface area contributed by atoms with Gasteiger partial charge in [-0.2, -0.15) is 5.26 Å². The van der Waals surface area contributed by atoms with Crippen LogP contribution in [0.1, 0.15) is 12.0 Å². The van der Waals surface area contributed by atoms with Crippen molar-refractivity contribution in [2.45, 2.75) is 13.3 Å². The summed E-state index contributed by atoms with van der Waals surface area (Å²) in [6.45, 7) is 1.66. The zero-order chi connectivity index (χ0) is 20.0. The van der Waals surface area contributed by atoms with E-state index in [0.717, 1.165) is 11.6 Å². The van der Waals surface area contributed by atoms with Crippen LogP contribution in [0.25, 0.3) is 0 Å². The van der Waals surface area contributed by atoms with Crippen molar-refractivity contribution < 1.29 is 14.5 Å². The number of carbonyl (C=O) groups is 1. The highest BCUT2D eigenvalue weighted by molar-refractivity contribution is 6.32. The topological polar surface area (TPSA) is 96.5 Å². The summed E-state index contributed by atoms with van der Waals surface area (Å²) in [4.78, 5) is 24.2. The minimum atomic E-state index is -0.576. The highest BCUT2D eigenvalue weighted by atomic mass is 35.5. The summed E-state index contributed by atoms with van der Waals surface area (Å²) in [7, 11) is 0. The molecule has 0 aromatic heterocycles. The third-order valence-electron chi connectivity index (χ3n) is 3.68. The van der Waals surface area contributed by atoms with E-state index in [0.29, 0.717) is 10.7 Å². The molecule has 0 radical (unpaired) electrons. The Morgan fingerprint density at radius 1 is 1.26 bits per heavy atom. The van der Waals surface area contributed by atoms with E-state index in [9.17, 15) is 14.9 Å². The minimum absolute atomic E-state index is 0.0305. The third-order valence-corrected chi connectivity index (χ3v) is 4.40. The summed E-state index contributed by atoms with van der Waals surface area (Å²) in [5.41, 5.74) is 1.21. The third kappa shape index (κ3) is 5.33. The van der Waals surface area contributed by atoms with Crippen LogP contribution in [0, 0.1) is 28.4 Å². The maximum Gasteiger partial charge on any atom is 0.271 e. The molecule has 0 fully saturated rings. The molecule has 0 aliphatic rings.